The van der Waals surface area contributed by atoms with Crippen LogP contribution in [0.25, 0.3) is 11.4 Å². The van der Waals surface area contributed by atoms with E-state index in [2.05, 4.69) is 19.8 Å². The molecule has 10 nitrogen and oxygen atoms in total. The van der Waals surface area contributed by atoms with Crippen LogP contribution in [0.3, 0.4) is 0 Å². The first-order chi connectivity index (χ1) is 13.7. The number of nitro benzene ring substituents is 1. The Bertz CT molecular complexity index is 1130. The van der Waals surface area contributed by atoms with Crippen molar-refractivity contribution in [2.75, 3.05) is 0 Å². The zero-order valence-corrected chi connectivity index (χ0v) is 16.9. The summed E-state index contributed by atoms with van der Waals surface area (Å²) in [7, 11) is -4.32. The number of hydrogen-bond acceptors (Lipinski definition) is 8. The molecule has 2 aromatic heterocycles. The van der Waals surface area contributed by atoms with Gasteiger partial charge in [-0.05, 0) is 30.2 Å². The van der Waals surface area contributed by atoms with Gasteiger partial charge in [-0.25, -0.2) is 8.42 Å². The third kappa shape index (κ3) is 4.58. The molecule has 0 amide bonds. The van der Waals surface area contributed by atoms with E-state index in [-0.39, 0.29) is 22.7 Å². The standard InChI is InChI=1S/C17H16ClN5O5S/c1-10(2)15(17-20-16(21-28-17)11-4-3-7-19-9-11)22-29(26,27)14-8-12(18)5-6-13(14)23(24)25/h3-10,15,22H,1-2H3. The summed E-state index contributed by atoms with van der Waals surface area (Å²) in [6.45, 7) is 3.49. The maximum absolute atomic E-state index is 12.9. The van der Waals surface area contributed by atoms with Crippen LogP contribution in [0, 0.1) is 16.0 Å². The molecule has 0 aliphatic rings. The highest BCUT2D eigenvalue weighted by Crippen LogP contribution is 2.30. The summed E-state index contributed by atoms with van der Waals surface area (Å²) in [5, 5.41) is 15.2. The number of pyridine rings is 1. The summed E-state index contributed by atoms with van der Waals surface area (Å²) in [6, 6.07) is 5.81. The number of rotatable bonds is 7. The number of nitrogens with zero attached hydrogens (tertiary/aromatic N) is 4. The van der Waals surface area contributed by atoms with Gasteiger partial charge in [-0.3, -0.25) is 15.1 Å². The van der Waals surface area contributed by atoms with E-state index in [1.807, 2.05) is 0 Å². The van der Waals surface area contributed by atoms with Crippen LogP contribution in [0.4, 0.5) is 5.69 Å². The summed E-state index contributed by atoms with van der Waals surface area (Å²) in [4.78, 5) is 18.1. The van der Waals surface area contributed by atoms with Crippen molar-refractivity contribution in [1.29, 1.82) is 0 Å². The second-order valence-electron chi connectivity index (χ2n) is 6.41. The highest BCUT2D eigenvalue weighted by Gasteiger charge is 2.33. The van der Waals surface area contributed by atoms with Crippen LogP contribution in [-0.4, -0.2) is 28.5 Å². The van der Waals surface area contributed by atoms with Gasteiger partial charge >= 0.3 is 0 Å². The third-order valence-corrected chi connectivity index (χ3v) is 5.69. The number of hydrogen-bond donors (Lipinski definition) is 1. The molecule has 0 aliphatic carbocycles. The van der Waals surface area contributed by atoms with Gasteiger partial charge in [0, 0.05) is 29.0 Å². The summed E-state index contributed by atoms with van der Waals surface area (Å²) in [5.74, 6) is -0.0380. The number of halogens is 1. The molecule has 0 fully saturated rings. The molecule has 1 N–H and O–H groups in total. The first-order valence-electron chi connectivity index (χ1n) is 8.39. The van der Waals surface area contributed by atoms with Crippen molar-refractivity contribution in [1.82, 2.24) is 19.8 Å². The average Bonchev–Trinajstić information content (AvgIpc) is 3.16. The molecule has 1 atom stereocenters. The fourth-order valence-corrected chi connectivity index (χ4v) is 4.30. The van der Waals surface area contributed by atoms with Crippen molar-refractivity contribution in [3.05, 3.63) is 63.8 Å². The summed E-state index contributed by atoms with van der Waals surface area (Å²) in [6.07, 6.45) is 3.13. The second kappa shape index (κ2) is 8.23. The average molecular weight is 438 g/mol. The minimum absolute atomic E-state index is 0.0205. The van der Waals surface area contributed by atoms with Crippen LogP contribution in [0.15, 0.2) is 52.1 Å². The monoisotopic (exact) mass is 437 g/mol. The van der Waals surface area contributed by atoms with E-state index in [0.717, 1.165) is 12.1 Å². The van der Waals surface area contributed by atoms with Gasteiger partial charge in [0.15, 0.2) is 4.90 Å². The summed E-state index contributed by atoms with van der Waals surface area (Å²) in [5.41, 5.74) is 0.00401. The molecule has 2 heterocycles. The minimum atomic E-state index is -4.32. The van der Waals surface area contributed by atoms with E-state index >= 15 is 0 Å². The van der Waals surface area contributed by atoms with Gasteiger partial charge in [-0.2, -0.15) is 9.71 Å². The van der Waals surface area contributed by atoms with Gasteiger partial charge in [0.1, 0.15) is 6.04 Å². The Hall–Kier alpha value is -2.89. The molecular weight excluding hydrogens is 422 g/mol. The minimum Gasteiger partial charge on any atom is -0.337 e. The second-order valence-corrected chi connectivity index (χ2v) is 8.53. The molecule has 3 aromatic rings. The van der Waals surface area contributed by atoms with Crippen molar-refractivity contribution in [3.63, 3.8) is 0 Å². The first-order valence-corrected chi connectivity index (χ1v) is 10.3. The Morgan fingerprint density at radius 1 is 1.28 bits per heavy atom. The van der Waals surface area contributed by atoms with Gasteiger partial charge in [-0.1, -0.05) is 30.6 Å². The molecule has 3 rings (SSSR count). The SMILES string of the molecule is CC(C)C(NS(=O)(=O)c1cc(Cl)ccc1[N+](=O)[O-])c1nc(-c2cccnc2)no1. The van der Waals surface area contributed by atoms with Crippen LogP contribution < -0.4 is 4.72 Å². The highest BCUT2D eigenvalue weighted by atomic mass is 35.5. The van der Waals surface area contributed by atoms with E-state index in [1.54, 1.807) is 38.4 Å². The van der Waals surface area contributed by atoms with Gasteiger partial charge in [0.25, 0.3) is 5.69 Å². The number of nitrogens with one attached hydrogen (secondary N) is 1. The molecule has 1 aromatic carbocycles. The molecule has 12 heteroatoms. The van der Waals surface area contributed by atoms with E-state index in [1.165, 1.54) is 6.07 Å². The van der Waals surface area contributed by atoms with Crippen LogP contribution in [0.1, 0.15) is 25.8 Å². The van der Waals surface area contributed by atoms with E-state index in [0.29, 0.717) is 5.56 Å². The van der Waals surface area contributed by atoms with Crippen LogP contribution >= 0.6 is 11.6 Å². The quantitative estimate of drug-likeness (QED) is 0.438. The third-order valence-electron chi connectivity index (χ3n) is 3.98. The van der Waals surface area contributed by atoms with E-state index in [4.69, 9.17) is 16.1 Å². The Balaban J connectivity index is 1.97. The Morgan fingerprint density at radius 2 is 2.03 bits per heavy atom. The fraction of sp³-hybridized carbons (Fsp3) is 0.235. The Morgan fingerprint density at radius 3 is 2.66 bits per heavy atom. The van der Waals surface area contributed by atoms with Crippen molar-refractivity contribution < 1.29 is 17.9 Å². The van der Waals surface area contributed by atoms with Crippen molar-refractivity contribution in [2.45, 2.75) is 24.8 Å². The predicted molar refractivity (Wildman–Crippen MR) is 104 cm³/mol. The molecule has 0 saturated heterocycles. The largest absolute Gasteiger partial charge is 0.337 e. The van der Waals surface area contributed by atoms with Gasteiger partial charge < -0.3 is 4.52 Å². The lowest BCUT2D eigenvalue weighted by Gasteiger charge is -2.18. The first kappa shape index (κ1) is 20.8. The Kier molecular flexibility index (Phi) is 5.91. The highest BCUT2D eigenvalue weighted by molar-refractivity contribution is 7.89. The lowest BCUT2D eigenvalue weighted by Crippen LogP contribution is -2.32. The summed E-state index contributed by atoms with van der Waals surface area (Å²) >= 11 is 5.85. The van der Waals surface area contributed by atoms with Crippen LogP contribution in [0.2, 0.25) is 5.02 Å². The molecule has 29 heavy (non-hydrogen) atoms. The molecule has 0 spiro atoms. The van der Waals surface area contributed by atoms with Crippen LogP contribution in [0.5, 0.6) is 0 Å². The lowest BCUT2D eigenvalue weighted by atomic mass is 10.1. The normalized spacial score (nSPS) is 12.8. The van der Waals surface area contributed by atoms with E-state index in [9.17, 15) is 18.5 Å². The molecule has 0 bridgehead atoms. The molecule has 0 radical (unpaired) electrons. The number of aromatic nitrogens is 3. The predicted octanol–water partition coefficient (Wildman–Crippen LogP) is 3.37. The number of sulfonamides is 1. The maximum atomic E-state index is 12.9. The van der Waals surface area contributed by atoms with Crippen molar-refractivity contribution >= 4 is 27.3 Å². The van der Waals surface area contributed by atoms with Crippen molar-refractivity contribution in [2.24, 2.45) is 5.92 Å². The number of benzene rings is 1. The molecule has 1 unspecified atom stereocenters. The zero-order chi connectivity index (χ0) is 21.2. The smallest absolute Gasteiger partial charge is 0.289 e. The maximum Gasteiger partial charge on any atom is 0.289 e. The lowest BCUT2D eigenvalue weighted by molar-refractivity contribution is -0.387. The Labute approximate surface area is 171 Å². The number of nitro groups is 1. The zero-order valence-electron chi connectivity index (χ0n) is 15.3. The van der Waals surface area contributed by atoms with Crippen molar-refractivity contribution in [3.8, 4) is 11.4 Å². The molecule has 152 valence electrons. The van der Waals surface area contributed by atoms with Crippen LogP contribution in [-0.2, 0) is 10.0 Å². The van der Waals surface area contributed by atoms with Gasteiger partial charge in [0.2, 0.25) is 21.7 Å². The summed E-state index contributed by atoms with van der Waals surface area (Å²) < 4.78 is 33.5. The van der Waals surface area contributed by atoms with Gasteiger partial charge in [-0.15, -0.1) is 0 Å². The van der Waals surface area contributed by atoms with E-state index < -0.39 is 31.6 Å². The molecule has 0 aliphatic heterocycles. The fourth-order valence-electron chi connectivity index (χ4n) is 2.53. The molecule has 0 saturated carbocycles. The van der Waals surface area contributed by atoms with Gasteiger partial charge in [0.05, 0.1) is 4.92 Å². The molecular formula is C17H16ClN5O5S. The topological polar surface area (TPSA) is 141 Å².